The molecule has 0 fully saturated rings. The van der Waals surface area contributed by atoms with Crippen molar-refractivity contribution in [1.29, 1.82) is 0 Å². The fraction of sp³-hybridized carbons (Fsp3) is 0.400. The van der Waals surface area contributed by atoms with E-state index in [2.05, 4.69) is 5.32 Å². The van der Waals surface area contributed by atoms with Crippen LogP contribution in [0.4, 0.5) is 5.69 Å². The number of likely N-dealkylation sites (N-methyl/N-ethyl adjacent to an activating group) is 1. The summed E-state index contributed by atoms with van der Waals surface area (Å²) in [4.78, 5) is 1.92. The van der Waals surface area contributed by atoms with Crippen LogP contribution in [0.1, 0.15) is 0 Å². The maximum atomic E-state index is 10.9. The van der Waals surface area contributed by atoms with Gasteiger partial charge >= 0.3 is 0 Å². The quantitative estimate of drug-likeness (QED) is 0.753. The van der Waals surface area contributed by atoms with E-state index in [1.54, 1.807) is 12.1 Å². The molecule has 0 bridgehead atoms. The molecular formula is C10H16N2O3S. The van der Waals surface area contributed by atoms with Crippen molar-refractivity contribution < 1.29 is 13.0 Å². The highest BCUT2D eigenvalue weighted by molar-refractivity contribution is 7.85. The van der Waals surface area contributed by atoms with Crippen LogP contribution >= 0.6 is 0 Å². The minimum absolute atomic E-state index is 0.0950. The summed E-state index contributed by atoms with van der Waals surface area (Å²) in [5.74, 6) is 0. The van der Waals surface area contributed by atoms with Crippen LogP contribution in [0.5, 0.6) is 0 Å². The van der Waals surface area contributed by atoms with Gasteiger partial charge in [-0.05, 0) is 32.3 Å². The first-order valence-corrected chi connectivity index (χ1v) is 6.30. The average molecular weight is 244 g/mol. The van der Waals surface area contributed by atoms with E-state index in [4.69, 9.17) is 4.55 Å². The Morgan fingerprint density at radius 2 is 2.06 bits per heavy atom. The van der Waals surface area contributed by atoms with E-state index in [1.165, 1.54) is 12.1 Å². The lowest BCUT2D eigenvalue weighted by Gasteiger charge is -2.11. The van der Waals surface area contributed by atoms with Gasteiger partial charge in [-0.1, -0.05) is 6.07 Å². The Hall–Kier alpha value is -1.11. The summed E-state index contributed by atoms with van der Waals surface area (Å²) in [6.07, 6.45) is 0. The predicted octanol–water partition coefficient (Wildman–Crippen LogP) is 0.907. The molecule has 2 N–H and O–H groups in total. The van der Waals surface area contributed by atoms with Gasteiger partial charge in [-0.25, -0.2) is 0 Å². The van der Waals surface area contributed by atoms with Crippen LogP contribution in [0.2, 0.25) is 0 Å². The normalized spacial score (nSPS) is 11.8. The molecule has 0 saturated heterocycles. The third-order valence-corrected chi connectivity index (χ3v) is 2.87. The number of rotatable bonds is 5. The van der Waals surface area contributed by atoms with Gasteiger partial charge in [0.2, 0.25) is 0 Å². The smallest absolute Gasteiger partial charge is 0.294 e. The molecule has 0 aromatic heterocycles. The molecule has 0 amide bonds. The van der Waals surface area contributed by atoms with Crippen LogP contribution in [-0.4, -0.2) is 45.1 Å². The summed E-state index contributed by atoms with van der Waals surface area (Å²) in [6.45, 7) is 1.55. The largest absolute Gasteiger partial charge is 0.384 e. The second-order valence-electron chi connectivity index (χ2n) is 3.73. The van der Waals surface area contributed by atoms with E-state index in [1.807, 2.05) is 19.0 Å². The van der Waals surface area contributed by atoms with E-state index in [0.29, 0.717) is 12.2 Å². The molecule has 0 heterocycles. The second-order valence-corrected chi connectivity index (χ2v) is 5.15. The first-order valence-electron chi connectivity index (χ1n) is 4.86. The first kappa shape index (κ1) is 13.0. The molecule has 1 aromatic carbocycles. The van der Waals surface area contributed by atoms with Gasteiger partial charge in [-0.2, -0.15) is 8.42 Å². The van der Waals surface area contributed by atoms with E-state index >= 15 is 0 Å². The molecule has 0 spiro atoms. The van der Waals surface area contributed by atoms with Gasteiger partial charge in [0.25, 0.3) is 10.1 Å². The molecule has 0 unspecified atom stereocenters. The Kier molecular flexibility index (Phi) is 4.28. The van der Waals surface area contributed by atoms with Crippen molar-refractivity contribution in [3.63, 3.8) is 0 Å². The van der Waals surface area contributed by atoms with Crippen LogP contribution in [-0.2, 0) is 10.1 Å². The maximum Gasteiger partial charge on any atom is 0.294 e. The lowest BCUT2D eigenvalue weighted by atomic mass is 10.3. The van der Waals surface area contributed by atoms with Crippen molar-refractivity contribution in [2.45, 2.75) is 4.90 Å². The number of hydrogen-bond acceptors (Lipinski definition) is 4. The van der Waals surface area contributed by atoms with E-state index in [9.17, 15) is 8.42 Å². The molecule has 0 aliphatic heterocycles. The van der Waals surface area contributed by atoms with Gasteiger partial charge in [0.05, 0.1) is 4.90 Å². The number of hydrogen-bond donors (Lipinski definition) is 2. The summed E-state index contributed by atoms with van der Waals surface area (Å²) in [7, 11) is -0.208. The van der Waals surface area contributed by atoms with Crippen LogP contribution in [0, 0.1) is 0 Å². The summed E-state index contributed by atoms with van der Waals surface area (Å²) in [6, 6.07) is 6.10. The zero-order chi connectivity index (χ0) is 12.2. The summed E-state index contributed by atoms with van der Waals surface area (Å²) in [5, 5.41) is 3.07. The standard InChI is InChI=1S/C10H16N2O3S/c1-12(2)7-6-11-9-4-3-5-10(8-9)16(13,14)15/h3-5,8,11H,6-7H2,1-2H3,(H,13,14,15). The topological polar surface area (TPSA) is 69.6 Å². The maximum absolute atomic E-state index is 10.9. The lowest BCUT2D eigenvalue weighted by Crippen LogP contribution is -2.20. The third kappa shape index (κ3) is 4.18. The first-order chi connectivity index (χ1) is 7.39. The predicted molar refractivity (Wildman–Crippen MR) is 63.3 cm³/mol. The molecule has 90 valence electrons. The van der Waals surface area contributed by atoms with E-state index in [-0.39, 0.29) is 4.90 Å². The Morgan fingerprint density at radius 3 is 2.62 bits per heavy atom. The molecule has 0 saturated carbocycles. The fourth-order valence-corrected chi connectivity index (χ4v) is 1.72. The Labute approximate surface area is 95.8 Å². The highest BCUT2D eigenvalue weighted by atomic mass is 32.2. The SMILES string of the molecule is CN(C)CCNc1cccc(S(=O)(=O)O)c1. The van der Waals surface area contributed by atoms with Gasteiger partial charge < -0.3 is 10.2 Å². The molecule has 5 nitrogen and oxygen atoms in total. The van der Waals surface area contributed by atoms with Crippen molar-refractivity contribution in [3.05, 3.63) is 24.3 Å². The monoisotopic (exact) mass is 244 g/mol. The van der Waals surface area contributed by atoms with Crippen molar-refractivity contribution >= 4 is 15.8 Å². The molecule has 6 heteroatoms. The van der Waals surface area contributed by atoms with Crippen LogP contribution in [0.3, 0.4) is 0 Å². The summed E-state index contributed by atoms with van der Waals surface area (Å²) in [5.41, 5.74) is 0.678. The fourth-order valence-electron chi connectivity index (χ4n) is 1.19. The lowest BCUT2D eigenvalue weighted by molar-refractivity contribution is 0.425. The summed E-state index contributed by atoms with van der Waals surface area (Å²) >= 11 is 0. The van der Waals surface area contributed by atoms with Crippen molar-refractivity contribution in [3.8, 4) is 0 Å². The Bertz CT molecular complexity index is 443. The van der Waals surface area contributed by atoms with Gasteiger partial charge in [-0.3, -0.25) is 4.55 Å². The molecule has 16 heavy (non-hydrogen) atoms. The molecule has 0 atom stereocenters. The Balaban J connectivity index is 2.69. The number of benzene rings is 1. The molecular weight excluding hydrogens is 228 g/mol. The highest BCUT2D eigenvalue weighted by Gasteiger charge is 2.08. The molecule has 0 radical (unpaired) electrons. The van der Waals surface area contributed by atoms with Crippen LogP contribution in [0.25, 0.3) is 0 Å². The number of anilines is 1. The number of nitrogens with one attached hydrogen (secondary N) is 1. The zero-order valence-corrected chi connectivity index (χ0v) is 10.2. The minimum atomic E-state index is -4.12. The molecule has 0 aliphatic rings. The van der Waals surface area contributed by atoms with Crippen molar-refractivity contribution in [2.24, 2.45) is 0 Å². The van der Waals surface area contributed by atoms with Gasteiger partial charge in [0, 0.05) is 18.8 Å². The van der Waals surface area contributed by atoms with Crippen LogP contribution < -0.4 is 5.32 Å². The minimum Gasteiger partial charge on any atom is -0.384 e. The molecule has 1 rings (SSSR count). The highest BCUT2D eigenvalue weighted by Crippen LogP contribution is 2.14. The van der Waals surface area contributed by atoms with Crippen molar-refractivity contribution in [1.82, 2.24) is 4.90 Å². The van der Waals surface area contributed by atoms with Gasteiger partial charge in [0.15, 0.2) is 0 Å². The van der Waals surface area contributed by atoms with E-state index in [0.717, 1.165) is 6.54 Å². The van der Waals surface area contributed by atoms with Crippen LogP contribution in [0.15, 0.2) is 29.2 Å². The van der Waals surface area contributed by atoms with E-state index < -0.39 is 10.1 Å². The van der Waals surface area contributed by atoms with Crippen molar-refractivity contribution in [2.75, 3.05) is 32.5 Å². The zero-order valence-electron chi connectivity index (χ0n) is 9.34. The van der Waals surface area contributed by atoms with Gasteiger partial charge in [-0.15, -0.1) is 0 Å². The second kappa shape index (κ2) is 5.29. The average Bonchev–Trinajstić information content (AvgIpc) is 2.16. The third-order valence-electron chi connectivity index (χ3n) is 2.02. The van der Waals surface area contributed by atoms with Gasteiger partial charge in [0.1, 0.15) is 0 Å². The number of nitrogens with zero attached hydrogens (tertiary/aromatic N) is 1. The summed E-state index contributed by atoms with van der Waals surface area (Å²) < 4.78 is 30.6. The molecule has 1 aromatic rings. The molecule has 0 aliphatic carbocycles. The Morgan fingerprint density at radius 1 is 1.38 bits per heavy atom.